The number of hydrogen-bond acceptors (Lipinski definition) is 7. The Kier molecular flexibility index (Phi) is 4.93. The first-order valence-corrected chi connectivity index (χ1v) is 11.2. The smallest absolute Gasteiger partial charge is 0.244 e. The number of amides is 1. The molecule has 10 heteroatoms. The van der Waals surface area contributed by atoms with Gasteiger partial charge in [-0.3, -0.25) is 4.79 Å². The van der Waals surface area contributed by atoms with Crippen LogP contribution in [0.1, 0.15) is 18.4 Å². The maximum Gasteiger partial charge on any atom is 0.244 e. The number of sulfonamides is 1. The van der Waals surface area contributed by atoms with E-state index in [2.05, 4.69) is 10.3 Å². The van der Waals surface area contributed by atoms with Crippen molar-refractivity contribution in [1.29, 1.82) is 0 Å². The molecular weight excluding hydrogens is 414 g/mol. The molecule has 0 unspecified atom stereocenters. The zero-order chi connectivity index (χ0) is 20.8. The van der Waals surface area contributed by atoms with Crippen molar-refractivity contribution in [3.05, 3.63) is 42.0 Å². The van der Waals surface area contributed by atoms with Crippen LogP contribution in [0.2, 0.25) is 0 Å². The van der Waals surface area contributed by atoms with Gasteiger partial charge in [0, 0.05) is 18.7 Å². The summed E-state index contributed by atoms with van der Waals surface area (Å²) in [5.41, 5.74) is 1.38. The largest absolute Gasteiger partial charge is 0.504 e. The number of aromatic nitrogens is 1. The minimum Gasteiger partial charge on any atom is -0.504 e. The van der Waals surface area contributed by atoms with Crippen molar-refractivity contribution in [2.45, 2.75) is 30.7 Å². The van der Waals surface area contributed by atoms with Crippen LogP contribution in [-0.4, -0.2) is 46.4 Å². The van der Waals surface area contributed by atoms with Gasteiger partial charge >= 0.3 is 0 Å². The fourth-order valence-corrected chi connectivity index (χ4v) is 5.87. The molecule has 1 aromatic heterocycles. The molecule has 3 aromatic rings. The SMILES string of the molecule is Cc1ccc(S(=O)(=O)N2CCC[C@@H]2C(=O)Nc2nc3cc(O)c(O)cc3s2)cc1. The Hall–Kier alpha value is -2.69. The standard InChI is InChI=1S/C19H19N3O5S2/c1-11-4-6-12(7-5-11)29(26,27)22-8-2-3-14(22)18(25)21-19-20-13-9-15(23)16(24)10-17(13)28-19/h4-7,9-10,14,23-24H,2-3,8H2,1H3,(H,20,21,25)/t14-/m1/s1. The number of fused-ring (bicyclic) bond motifs is 1. The Balaban J connectivity index is 1.57. The van der Waals surface area contributed by atoms with Crippen LogP contribution in [0.3, 0.4) is 0 Å². The number of anilines is 1. The van der Waals surface area contributed by atoms with Crippen LogP contribution >= 0.6 is 11.3 Å². The Morgan fingerprint density at radius 1 is 1.21 bits per heavy atom. The topological polar surface area (TPSA) is 120 Å². The number of carbonyl (C=O) groups is 1. The van der Waals surface area contributed by atoms with Gasteiger partial charge in [0.2, 0.25) is 15.9 Å². The molecule has 29 heavy (non-hydrogen) atoms. The van der Waals surface area contributed by atoms with E-state index >= 15 is 0 Å². The maximum atomic E-state index is 13.0. The van der Waals surface area contributed by atoms with Crippen LogP contribution in [0, 0.1) is 6.92 Å². The highest BCUT2D eigenvalue weighted by Gasteiger charge is 2.39. The number of benzene rings is 2. The first-order chi connectivity index (χ1) is 13.8. The fourth-order valence-electron chi connectivity index (χ4n) is 3.33. The van der Waals surface area contributed by atoms with Crippen molar-refractivity contribution < 1.29 is 23.4 Å². The highest BCUT2D eigenvalue weighted by Crippen LogP contribution is 2.35. The molecule has 1 saturated heterocycles. The summed E-state index contributed by atoms with van der Waals surface area (Å²) < 4.78 is 27.8. The number of aryl methyl sites for hydroxylation is 1. The lowest BCUT2D eigenvalue weighted by atomic mass is 10.2. The number of hydrogen-bond donors (Lipinski definition) is 3. The molecule has 1 atom stereocenters. The van der Waals surface area contributed by atoms with Gasteiger partial charge in [0.15, 0.2) is 16.6 Å². The normalized spacial score (nSPS) is 17.6. The molecule has 0 aliphatic carbocycles. The molecule has 4 rings (SSSR count). The molecular formula is C19H19N3O5S2. The van der Waals surface area contributed by atoms with Crippen LogP contribution in [0.25, 0.3) is 10.2 Å². The van der Waals surface area contributed by atoms with Gasteiger partial charge in [0.05, 0.1) is 15.1 Å². The molecule has 0 bridgehead atoms. The highest BCUT2D eigenvalue weighted by atomic mass is 32.2. The second-order valence-corrected chi connectivity index (χ2v) is 9.82. The first kappa shape index (κ1) is 19.6. The van der Waals surface area contributed by atoms with E-state index in [1.54, 1.807) is 24.3 Å². The summed E-state index contributed by atoms with van der Waals surface area (Å²) in [5, 5.41) is 22.1. The molecule has 1 aliphatic rings. The number of thiazole rings is 1. The van der Waals surface area contributed by atoms with E-state index < -0.39 is 22.0 Å². The average molecular weight is 434 g/mol. The number of nitrogens with one attached hydrogen (secondary N) is 1. The molecule has 2 heterocycles. The number of carbonyl (C=O) groups excluding carboxylic acids is 1. The second kappa shape index (κ2) is 7.29. The zero-order valence-electron chi connectivity index (χ0n) is 15.5. The van der Waals surface area contributed by atoms with Crippen LogP contribution in [-0.2, 0) is 14.8 Å². The molecule has 152 valence electrons. The number of phenolic OH excluding ortho intramolecular Hbond substituents is 2. The van der Waals surface area contributed by atoms with Gasteiger partial charge in [0.1, 0.15) is 6.04 Å². The molecule has 2 aromatic carbocycles. The molecule has 0 radical (unpaired) electrons. The third-order valence-electron chi connectivity index (χ3n) is 4.85. The third kappa shape index (κ3) is 3.66. The van der Waals surface area contributed by atoms with Crippen molar-refractivity contribution in [3.63, 3.8) is 0 Å². The molecule has 3 N–H and O–H groups in total. The van der Waals surface area contributed by atoms with Gasteiger partial charge in [-0.05, 0) is 31.9 Å². The van der Waals surface area contributed by atoms with E-state index in [-0.39, 0.29) is 28.1 Å². The average Bonchev–Trinajstić information content (AvgIpc) is 3.30. The minimum atomic E-state index is -3.79. The lowest BCUT2D eigenvalue weighted by Crippen LogP contribution is -2.43. The quantitative estimate of drug-likeness (QED) is 0.544. The molecule has 0 spiro atoms. The zero-order valence-corrected chi connectivity index (χ0v) is 17.1. The lowest BCUT2D eigenvalue weighted by molar-refractivity contribution is -0.119. The molecule has 1 amide bonds. The van der Waals surface area contributed by atoms with E-state index in [0.717, 1.165) is 16.9 Å². The number of nitrogens with zero attached hydrogens (tertiary/aromatic N) is 2. The van der Waals surface area contributed by atoms with Gasteiger partial charge in [0.25, 0.3) is 0 Å². The summed E-state index contributed by atoms with van der Waals surface area (Å²) >= 11 is 1.13. The second-order valence-electron chi connectivity index (χ2n) is 6.90. The van der Waals surface area contributed by atoms with Crippen molar-refractivity contribution >= 4 is 42.6 Å². The fraction of sp³-hybridized carbons (Fsp3) is 0.263. The monoisotopic (exact) mass is 433 g/mol. The maximum absolute atomic E-state index is 13.0. The van der Waals surface area contributed by atoms with Crippen molar-refractivity contribution in [2.24, 2.45) is 0 Å². The number of aromatic hydroxyl groups is 2. The van der Waals surface area contributed by atoms with Gasteiger partial charge in [-0.15, -0.1) is 0 Å². The van der Waals surface area contributed by atoms with Gasteiger partial charge in [-0.25, -0.2) is 13.4 Å². The van der Waals surface area contributed by atoms with Gasteiger partial charge in [-0.2, -0.15) is 4.31 Å². The van der Waals surface area contributed by atoms with Crippen LogP contribution in [0.4, 0.5) is 5.13 Å². The number of phenols is 2. The summed E-state index contributed by atoms with van der Waals surface area (Å²) in [6, 6.07) is 8.39. The van der Waals surface area contributed by atoms with Gasteiger partial charge < -0.3 is 15.5 Å². The summed E-state index contributed by atoms with van der Waals surface area (Å²) in [5.74, 6) is -1.03. The predicted octanol–water partition coefficient (Wildman–Crippen LogP) is 2.81. The van der Waals surface area contributed by atoms with E-state index in [0.29, 0.717) is 23.1 Å². The minimum absolute atomic E-state index is 0.161. The Bertz CT molecular complexity index is 1150. The van der Waals surface area contributed by atoms with Crippen molar-refractivity contribution in [1.82, 2.24) is 9.29 Å². The molecule has 0 saturated carbocycles. The molecule has 8 nitrogen and oxygen atoms in total. The Labute approximate surface area is 171 Å². The Morgan fingerprint density at radius 3 is 2.62 bits per heavy atom. The summed E-state index contributed by atoms with van der Waals surface area (Å²) in [4.78, 5) is 17.2. The predicted molar refractivity (Wildman–Crippen MR) is 110 cm³/mol. The van der Waals surface area contributed by atoms with Crippen molar-refractivity contribution in [2.75, 3.05) is 11.9 Å². The Morgan fingerprint density at radius 2 is 1.90 bits per heavy atom. The summed E-state index contributed by atoms with van der Waals surface area (Å²) in [6.07, 6.45) is 1.01. The van der Waals surface area contributed by atoms with E-state index in [1.807, 2.05) is 6.92 Å². The van der Waals surface area contributed by atoms with Crippen LogP contribution in [0.15, 0.2) is 41.3 Å². The third-order valence-corrected chi connectivity index (χ3v) is 7.70. The summed E-state index contributed by atoms with van der Waals surface area (Å²) in [7, 11) is -3.79. The first-order valence-electron chi connectivity index (χ1n) is 8.97. The van der Waals surface area contributed by atoms with Crippen LogP contribution < -0.4 is 5.32 Å². The van der Waals surface area contributed by atoms with Crippen molar-refractivity contribution in [3.8, 4) is 11.5 Å². The lowest BCUT2D eigenvalue weighted by Gasteiger charge is -2.23. The molecule has 1 fully saturated rings. The van der Waals surface area contributed by atoms with E-state index in [9.17, 15) is 23.4 Å². The number of rotatable bonds is 4. The van der Waals surface area contributed by atoms with Crippen LogP contribution in [0.5, 0.6) is 11.5 Å². The highest BCUT2D eigenvalue weighted by molar-refractivity contribution is 7.89. The van der Waals surface area contributed by atoms with E-state index in [4.69, 9.17) is 0 Å². The summed E-state index contributed by atoms with van der Waals surface area (Å²) in [6.45, 7) is 2.15. The van der Waals surface area contributed by atoms with Gasteiger partial charge in [-0.1, -0.05) is 29.0 Å². The molecule has 1 aliphatic heterocycles. The van der Waals surface area contributed by atoms with E-state index in [1.165, 1.54) is 16.4 Å².